The molecule has 1 heterocycles. The first-order chi connectivity index (χ1) is 8.88. The van der Waals surface area contributed by atoms with Crippen LogP contribution in [0.15, 0.2) is 24.3 Å². The molecule has 0 saturated carbocycles. The van der Waals surface area contributed by atoms with E-state index in [0.717, 1.165) is 3.57 Å². The largest absolute Gasteiger partial charge is 0.393 e. The lowest BCUT2D eigenvalue weighted by Crippen LogP contribution is -2.44. The second-order valence-corrected chi connectivity index (χ2v) is 5.88. The molecule has 1 aliphatic rings. The highest BCUT2D eigenvalue weighted by atomic mass is 127. The predicted molar refractivity (Wildman–Crippen MR) is 73.8 cm³/mol. The van der Waals surface area contributed by atoms with Crippen LogP contribution in [0.25, 0.3) is 0 Å². The van der Waals surface area contributed by atoms with Crippen LogP contribution in [0, 0.1) is 9.49 Å². The van der Waals surface area contributed by atoms with E-state index in [-0.39, 0.29) is 18.9 Å². The summed E-state index contributed by atoms with van der Waals surface area (Å²) in [6, 6.07) is 6.86. The Morgan fingerprint density at radius 1 is 1.26 bits per heavy atom. The number of alkyl halides is 3. The Balaban J connectivity index is 2.09. The van der Waals surface area contributed by atoms with Gasteiger partial charge in [0.1, 0.15) is 0 Å². The normalized spacial score (nSPS) is 20.4. The third kappa shape index (κ3) is 3.61. The van der Waals surface area contributed by atoms with Gasteiger partial charge < -0.3 is 4.90 Å². The number of carbonyl (C=O) groups excluding carboxylic acids is 1. The fourth-order valence-electron chi connectivity index (χ4n) is 2.20. The Hall–Kier alpha value is -0.790. The van der Waals surface area contributed by atoms with Gasteiger partial charge in [-0.1, -0.05) is 0 Å². The van der Waals surface area contributed by atoms with Crippen molar-refractivity contribution in [2.45, 2.75) is 19.0 Å². The first-order valence-corrected chi connectivity index (χ1v) is 7.07. The van der Waals surface area contributed by atoms with E-state index in [1.54, 1.807) is 24.3 Å². The highest BCUT2D eigenvalue weighted by Gasteiger charge is 2.42. The van der Waals surface area contributed by atoms with Crippen molar-refractivity contribution in [1.82, 2.24) is 4.90 Å². The minimum absolute atomic E-state index is 0.111. The number of amides is 1. The van der Waals surface area contributed by atoms with Gasteiger partial charge in [-0.15, -0.1) is 0 Å². The minimum atomic E-state index is -4.22. The molecule has 1 saturated heterocycles. The molecule has 1 atom stereocenters. The molecule has 104 valence electrons. The first kappa shape index (κ1) is 14.6. The number of rotatable bonds is 1. The van der Waals surface area contributed by atoms with Gasteiger partial charge in [-0.25, -0.2) is 0 Å². The highest BCUT2D eigenvalue weighted by molar-refractivity contribution is 14.1. The van der Waals surface area contributed by atoms with Crippen LogP contribution in [0.3, 0.4) is 0 Å². The molecule has 19 heavy (non-hydrogen) atoms. The summed E-state index contributed by atoms with van der Waals surface area (Å²) in [6.45, 7) is 0.172. The molecule has 1 aliphatic heterocycles. The molecule has 1 aromatic carbocycles. The van der Waals surface area contributed by atoms with Crippen molar-refractivity contribution < 1.29 is 18.0 Å². The van der Waals surface area contributed by atoms with Crippen LogP contribution in [-0.4, -0.2) is 30.1 Å². The van der Waals surface area contributed by atoms with Crippen molar-refractivity contribution in [3.63, 3.8) is 0 Å². The summed E-state index contributed by atoms with van der Waals surface area (Å²) in [6.07, 6.45) is -3.70. The van der Waals surface area contributed by atoms with E-state index in [2.05, 4.69) is 22.6 Å². The summed E-state index contributed by atoms with van der Waals surface area (Å²) >= 11 is 2.11. The minimum Gasteiger partial charge on any atom is -0.338 e. The van der Waals surface area contributed by atoms with Gasteiger partial charge in [0.15, 0.2) is 0 Å². The van der Waals surface area contributed by atoms with Gasteiger partial charge in [0, 0.05) is 22.2 Å². The van der Waals surface area contributed by atoms with Gasteiger partial charge in [-0.2, -0.15) is 13.2 Å². The maximum Gasteiger partial charge on any atom is 0.393 e. The quantitative estimate of drug-likeness (QED) is 0.678. The Bertz CT molecular complexity index is 458. The van der Waals surface area contributed by atoms with Crippen molar-refractivity contribution in [3.05, 3.63) is 33.4 Å². The van der Waals surface area contributed by atoms with Gasteiger partial charge >= 0.3 is 6.18 Å². The van der Waals surface area contributed by atoms with Crippen molar-refractivity contribution in [2.24, 2.45) is 5.92 Å². The Kier molecular flexibility index (Phi) is 4.37. The molecule has 1 fully saturated rings. The standard InChI is InChI=1S/C13H13F3INO/c14-13(15,16)10-2-1-7-18(8-10)12(19)9-3-5-11(17)6-4-9/h3-6,10H,1-2,7-8H2. The summed E-state index contributed by atoms with van der Waals surface area (Å²) in [5.41, 5.74) is 0.447. The zero-order valence-corrected chi connectivity index (χ0v) is 12.2. The lowest BCUT2D eigenvalue weighted by molar-refractivity contribution is -0.184. The molecule has 0 spiro atoms. The summed E-state index contributed by atoms with van der Waals surface area (Å²) in [4.78, 5) is 13.4. The smallest absolute Gasteiger partial charge is 0.338 e. The molecule has 1 aromatic rings. The molecule has 0 aliphatic carbocycles. The van der Waals surface area contributed by atoms with Crippen LogP contribution in [0.2, 0.25) is 0 Å². The zero-order chi connectivity index (χ0) is 14.0. The third-order valence-electron chi connectivity index (χ3n) is 3.26. The lowest BCUT2D eigenvalue weighted by atomic mass is 9.97. The van der Waals surface area contributed by atoms with Gasteiger partial charge in [-0.3, -0.25) is 4.79 Å². The number of halogens is 4. The van der Waals surface area contributed by atoms with E-state index in [1.807, 2.05) is 0 Å². The van der Waals surface area contributed by atoms with Crippen LogP contribution in [0.5, 0.6) is 0 Å². The van der Waals surface area contributed by atoms with Crippen molar-refractivity contribution in [1.29, 1.82) is 0 Å². The number of likely N-dealkylation sites (tertiary alicyclic amines) is 1. The van der Waals surface area contributed by atoms with Crippen LogP contribution >= 0.6 is 22.6 Å². The second kappa shape index (κ2) is 5.68. The highest BCUT2D eigenvalue weighted by Crippen LogP contribution is 2.33. The monoisotopic (exact) mass is 383 g/mol. The summed E-state index contributed by atoms with van der Waals surface area (Å²) in [5, 5.41) is 0. The Morgan fingerprint density at radius 2 is 1.89 bits per heavy atom. The van der Waals surface area contributed by atoms with Gasteiger partial charge in [-0.05, 0) is 59.7 Å². The van der Waals surface area contributed by atoms with Gasteiger partial charge in [0.25, 0.3) is 5.91 Å². The SMILES string of the molecule is O=C(c1ccc(I)cc1)N1CCCC(C(F)(F)F)C1. The van der Waals surface area contributed by atoms with Crippen molar-refractivity contribution in [2.75, 3.05) is 13.1 Å². The van der Waals surface area contributed by atoms with Crippen molar-refractivity contribution >= 4 is 28.5 Å². The van der Waals surface area contributed by atoms with Gasteiger partial charge in [0.05, 0.1) is 5.92 Å². The molecule has 0 bridgehead atoms. The predicted octanol–water partition coefficient (Wildman–Crippen LogP) is 3.71. The summed E-state index contributed by atoms with van der Waals surface area (Å²) < 4.78 is 39.1. The molecule has 0 radical (unpaired) electrons. The van der Waals surface area contributed by atoms with Crippen molar-refractivity contribution in [3.8, 4) is 0 Å². The lowest BCUT2D eigenvalue weighted by Gasteiger charge is -2.33. The fraction of sp³-hybridized carbons (Fsp3) is 0.462. The maximum atomic E-state index is 12.7. The molecule has 2 nitrogen and oxygen atoms in total. The molecule has 2 rings (SSSR count). The van der Waals surface area contributed by atoms with Crippen LogP contribution in [0.4, 0.5) is 13.2 Å². The van der Waals surface area contributed by atoms with E-state index in [4.69, 9.17) is 0 Å². The average Bonchev–Trinajstić information content (AvgIpc) is 2.38. The van der Waals surface area contributed by atoms with Crippen LogP contribution < -0.4 is 0 Å². The number of benzene rings is 1. The van der Waals surface area contributed by atoms with E-state index < -0.39 is 12.1 Å². The molecular weight excluding hydrogens is 370 g/mol. The summed E-state index contributed by atoms with van der Waals surface area (Å²) in [5.74, 6) is -1.71. The van der Waals surface area contributed by atoms with E-state index >= 15 is 0 Å². The Labute approximate surface area is 123 Å². The van der Waals surface area contributed by atoms with E-state index in [9.17, 15) is 18.0 Å². The average molecular weight is 383 g/mol. The number of piperidine rings is 1. The molecule has 1 amide bonds. The number of carbonyl (C=O) groups is 1. The van der Waals surface area contributed by atoms with Crippen LogP contribution in [0.1, 0.15) is 23.2 Å². The fourth-order valence-corrected chi connectivity index (χ4v) is 2.56. The van der Waals surface area contributed by atoms with Gasteiger partial charge in [0.2, 0.25) is 0 Å². The number of hydrogen-bond acceptors (Lipinski definition) is 1. The first-order valence-electron chi connectivity index (χ1n) is 5.99. The van der Waals surface area contributed by atoms with Crippen LogP contribution in [-0.2, 0) is 0 Å². The molecule has 0 N–H and O–H groups in total. The summed E-state index contributed by atoms with van der Waals surface area (Å²) in [7, 11) is 0. The zero-order valence-electron chi connectivity index (χ0n) is 10.1. The number of hydrogen-bond donors (Lipinski definition) is 0. The molecule has 1 unspecified atom stereocenters. The second-order valence-electron chi connectivity index (χ2n) is 4.64. The number of nitrogens with zero attached hydrogens (tertiary/aromatic N) is 1. The van der Waals surface area contributed by atoms with E-state index in [1.165, 1.54) is 4.90 Å². The molecule has 0 aromatic heterocycles. The third-order valence-corrected chi connectivity index (χ3v) is 3.98. The van der Waals surface area contributed by atoms with E-state index in [0.29, 0.717) is 18.5 Å². The molecule has 6 heteroatoms. The topological polar surface area (TPSA) is 20.3 Å². The molecular formula is C13H13F3INO. The Morgan fingerprint density at radius 3 is 2.47 bits per heavy atom. The maximum absolute atomic E-state index is 12.7.